The van der Waals surface area contributed by atoms with Crippen LogP contribution in [0, 0.1) is 0 Å². The molecule has 1 heterocycles. The largest absolute Gasteiger partial charge is 0.466 e. The topological polar surface area (TPSA) is 175 Å². The Morgan fingerprint density at radius 1 is 0.411 bits per heavy atom. The number of amides is 1. The van der Waals surface area contributed by atoms with Gasteiger partial charge in [0, 0.05) is 12.8 Å². The third-order valence-corrected chi connectivity index (χ3v) is 17.4. The van der Waals surface area contributed by atoms with Crippen molar-refractivity contribution in [2.45, 2.75) is 384 Å². The molecule has 1 aliphatic rings. The van der Waals surface area contributed by atoms with E-state index < -0.39 is 49.5 Å². The van der Waals surface area contributed by atoms with Crippen LogP contribution in [0.2, 0.25) is 0 Å². The van der Waals surface area contributed by atoms with E-state index in [0.29, 0.717) is 19.4 Å². The molecule has 0 radical (unpaired) electrons. The summed E-state index contributed by atoms with van der Waals surface area (Å²) in [6, 6.07) is -0.835. The fraction of sp³-hybridized carbons (Fsp3) is 0.797. The summed E-state index contributed by atoms with van der Waals surface area (Å²) in [7, 11) is 0. The van der Waals surface area contributed by atoms with Crippen LogP contribution in [-0.2, 0) is 23.8 Å². The SMILES string of the molecule is CCC/C=C\C/C=C\CCCCCCCC(=O)OCCCCCCCCCCCCC/C=C\C/C=C\CCCCCCCCCCCCCCCCCCCC(=O)NC(COC1OC(CO)C(O)C(O)C1O)C(O)/C=C/CC/C=C/CC/C=C/CCCCCC. The quantitative estimate of drug-likeness (QED) is 0.0195. The lowest BCUT2D eigenvalue weighted by Crippen LogP contribution is -2.60. The third-order valence-electron chi connectivity index (χ3n) is 17.4. The third kappa shape index (κ3) is 55.3. The highest BCUT2D eigenvalue weighted by atomic mass is 16.7. The van der Waals surface area contributed by atoms with Gasteiger partial charge in [0.25, 0.3) is 0 Å². The lowest BCUT2D eigenvalue weighted by molar-refractivity contribution is -0.302. The Morgan fingerprint density at radius 2 is 0.778 bits per heavy atom. The van der Waals surface area contributed by atoms with E-state index >= 15 is 0 Å². The summed E-state index contributed by atoms with van der Waals surface area (Å²) < 4.78 is 16.7. The minimum Gasteiger partial charge on any atom is -0.466 e. The normalized spacial score (nSPS) is 18.1. The van der Waals surface area contributed by atoms with E-state index in [4.69, 9.17) is 14.2 Å². The Hall–Kier alpha value is -3.16. The molecule has 90 heavy (non-hydrogen) atoms. The number of hydrogen-bond donors (Lipinski definition) is 6. The summed E-state index contributed by atoms with van der Waals surface area (Å²) in [5.41, 5.74) is 0. The summed E-state index contributed by atoms with van der Waals surface area (Å²) in [5.74, 6) is -0.200. The van der Waals surface area contributed by atoms with E-state index in [1.165, 1.54) is 231 Å². The first-order chi connectivity index (χ1) is 44.2. The smallest absolute Gasteiger partial charge is 0.305 e. The summed E-state index contributed by atoms with van der Waals surface area (Å²) in [4.78, 5) is 25.1. The maximum atomic E-state index is 13.1. The van der Waals surface area contributed by atoms with E-state index in [1.54, 1.807) is 6.08 Å². The number of carbonyl (C=O) groups excluding carboxylic acids is 2. The molecule has 6 N–H and O–H groups in total. The van der Waals surface area contributed by atoms with Crippen molar-refractivity contribution in [1.29, 1.82) is 0 Å². The van der Waals surface area contributed by atoms with E-state index in [2.05, 4.69) is 92.1 Å². The Labute approximate surface area is 553 Å². The van der Waals surface area contributed by atoms with Gasteiger partial charge in [-0.3, -0.25) is 9.59 Å². The molecule has 1 fully saturated rings. The number of esters is 1. The average molecular weight is 1260 g/mol. The molecule has 1 amide bonds. The average Bonchev–Trinajstić information content (AvgIpc) is 0.980. The molecule has 7 atom stereocenters. The summed E-state index contributed by atoms with van der Waals surface area (Å²) in [5, 5.41) is 54.5. The number of carbonyl (C=O) groups is 2. The van der Waals surface area contributed by atoms with Crippen LogP contribution in [0.4, 0.5) is 0 Å². The van der Waals surface area contributed by atoms with Crippen molar-refractivity contribution in [3.05, 3.63) is 85.1 Å². The maximum Gasteiger partial charge on any atom is 0.305 e. The highest BCUT2D eigenvalue weighted by molar-refractivity contribution is 5.76. The molecule has 1 saturated heterocycles. The number of allylic oxidation sites excluding steroid dienone is 13. The Bertz CT molecular complexity index is 1770. The van der Waals surface area contributed by atoms with Crippen molar-refractivity contribution >= 4 is 11.9 Å². The molecular formula is C79H141NO10. The first-order valence-corrected chi connectivity index (χ1v) is 37.9. The van der Waals surface area contributed by atoms with Gasteiger partial charge in [0.05, 0.1) is 32.0 Å². The van der Waals surface area contributed by atoms with Gasteiger partial charge in [-0.05, 0) is 116 Å². The van der Waals surface area contributed by atoms with Crippen LogP contribution < -0.4 is 5.32 Å². The predicted molar refractivity (Wildman–Crippen MR) is 379 cm³/mol. The molecule has 0 bridgehead atoms. The molecule has 1 aliphatic heterocycles. The monoisotopic (exact) mass is 1260 g/mol. The van der Waals surface area contributed by atoms with Gasteiger partial charge in [-0.1, -0.05) is 298 Å². The number of unbranched alkanes of at least 4 members (excludes halogenated alkanes) is 40. The van der Waals surface area contributed by atoms with Gasteiger partial charge in [-0.2, -0.15) is 0 Å². The number of aliphatic hydroxyl groups is 5. The minimum atomic E-state index is -1.58. The van der Waals surface area contributed by atoms with Crippen LogP contribution in [-0.4, -0.2) is 100 Å². The van der Waals surface area contributed by atoms with Crippen molar-refractivity contribution < 1.29 is 49.3 Å². The van der Waals surface area contributed by atoms with Gasteiger partial charge in [-0.25, -0.2) is 0 Å². The van der Waals surface area contributed by atoms with Gasteiger partial charge >= 0.3 is 5.97 Å². The molecule has 0 aromatic heterocycles. The zero-order valence-corrected chi connectivity index (χ0v) is 58.1. The van der Waals surface area contributed by atoms with Crippen LogP contribution >= 0.6 is 0 Å². The molecule has 0 saturated carbocycles. The lowest BCUT2D eigenvalue weighted by Gasteiger charge is -2.40. The van der Waals surface area contributed by atoms with Crippen LogP contribution in [0.15, 0.2) is 85.1 Å². The first-order valence-electron chi connectivity index (χ1n) is 37.9. The van der Waals surface area contributed by atoms with E-state index in [1.807, 2.05) is 6.08 Å². The van der Waals surface area contributed by atoms with Crippen molar-refractivity contribution in [2.24, 2.45) is 0 Å². The van der Waals surface area contributed by atoms with Crippen LogP contribution in [0.25, 0.3) is 0 Å². The fourth-order valence-electron chi connectivity index (χ4n) is 11.5. The maximum absolute atomic E-state index is 13.1. The summed E-state index contributed by atoms with van der Waals surface area (Å²) in [6.07, 6.45) is 83.1. The number of aliphatic hydroxyl groups excluding tert-OH is 5. The van der Waals surface area contributed by atoms with Gasteiger partial charge in [0.1, 0.15) is 24.4 Å². The summed E-state index contributed by atoms with van der Waals surface area (Å²) >= 11 is 0. The second-order valence-corrected chi connectivity index (χ2v) is 26.0. The van der Waals surface area contributed by atoms with Gasteiger partial charge in [0.2, 0.25) is 5.91 Å². The van der Waals surface area contributed by atoms with E-state index in [-0.39, 0.29) is 18.5 Å². The number of hydrogen-bond acceptors (Lipinski definition) is 10. The van der Waals surface area contributed by atoms with Crippen molar-refractivity contribution in [1.82, 2.24) is 5.32 Å². The number of ether oxygens (including phenoxy) is 3. The predicted octanol–water partition coefficient (Wildman–Crippen LogP) is 20.0. The van der Waals surface area contributed by atoms with Gasteiger partial charge in [-0.15, -0.1) is 0 Å². The van der Waals surface area contributed by atoms with Crippen molar-refractivity contribution in [3.8, 4) is 0 Å². The molecule has 7 unspecified atom stereocenters. The molecule has 0 aromatic rings. The van der Waals surface area contributed by atoms with E-state index in [9.17, 15) is 35.1 Å². The second kappa shape index (κ2) is 67.3. The first kappa shape index (κ1) is 84.9. The molecular weight excluding hydrogens is 1120 g/mol. The molecule has 11 heteroatoms. The van der Waals surface area contributed by atoms with Crippen LogP contribution in [0.3, 0.4) is 0 Å². The zero-order valence-electron chi connectivity index (χ0n) is 58.1. The standard InChI is InChI=1S/C79H141NO10/c1-3-5-7-9-11-13-15-17-42-45-49-53-57-61-65-72(82)71(70-89-79-78(87)77(86)76(85)73(69-81)90-79)80-74(83)66-62-58-54-50-46-43-39-37-35-33-31-29-27-25-23-21-19-18-20-22-24-26-28-30-32-34-36-38-40-44-48-52-56-60-64-68-88-75(84)67-63-59-55-51-47-41-16-14-12-10-8-6-4-2/h8,10,13-16,20,22,26,28,45,49,61,65,71-73,76-79,81-82,85-87H,3-7,9,11-12,17-19,21,23-25,27,29-44,46-48,50-60,62-64,66-70H2,1-2H3,(H,80,83)/b10-8-,15-13+,16-14-,22-20-,28-26-,49-45+,65-61+. The van der Waals surface area contributed by atoms with Crippen LogP contribution in [0.5, 0.6) is 0 Å². The number of nitrogens with one attached hydrogen (secondary N) is 1. The van der Waals surface area contributed by atoms with Gasteiger partial charge < -0.3 is 45.1 Å². The molecule has 0 spiro atoms. The van der Waals surface area contributed by atoms with Crippen molar-refractivity contribution in [2.75, 3.05) is 19.8 Å². The van der Waals surface area contributed by atoms with Gasteiger partial charge in [0.15, 0.2) is 6.29 Å². The van der Waals surface area contributed by atoms with E-state index in [0.717, 1.165) is 83.5 Å². The highest BCUT2D eigenvalue weighted by Gasteiger charge is 2.44. The summed E-state index contributed by atoms with van der Waals surface area (Å²) in [6.45, 7) is 4.26. The minimum absolute atomic E-state index is 0.00616. The molecule has 522 valence electrons. The molecule has 1 rings (SSSR count). The number of rotatable bonds is 66. The fourth-order valence-corrected chi connectivity index (χ4v) is 11.5. The highest BCUT2D eigenvalue weighted by Crippen LogP contribution is 2.23. The Balaban J connectivity index is 1.96. The zero-order chi connectivity index (χ0) is 65.1. The molecule has 0 aromatic carbocycles. The van der Waals surface area contributed by atoms with Crippen LogP contribution in [0.1, 0.15) is 341 Å². The second-order valence-electron chi connectivity index (χ2n) is 26.0. The Morgan fingerprint density at radius 3 is 1.21 bits per heavy atom. The molecule has 0 aliphatic carbocycles. The lowest BCUT2D eigenvalue weighted by atomic mass is 9.99. The van der Waals surface area contributed by atoms with Crippen molar-refractivity contribution in [3.63, 3.8) is 0 Å². The Kier molecular flexibility index (Phi) is 63.4. The molecule has 11 nitrogen and oxygen atoms in total.